The highest BCUT2D eigenvalue weighted by atomic mass is 16.4. The molecule has 8 heteroatoms. The molecule has 0 aliphatic carbocycles. The van der Waals surface area contributed by atoms with Crippen LogP contribution < -0.4 is 5.32 Å². The first-order valence-electron chi connectivity index (χ1n) is 12.3. The van der Waals surface area contributed by atoms with Crippen LogP contribution in [0.1, 0.15) is 61.0 Å². The minimum absolute atomic E-state index is 0.0321. The van der Waals surface area contributed by atoms with Crippen LogP contribution in [0, 0.1) is 0 Å². The van der Waals surface area contributed by atoms with Crippen LogP contribution >= 0.6 is 0 Å². The number of carboxylic acid groups (broad SMARTS) is 1. The lowest BCUT2D eigenvalue weighted by Crippen LogP contribution is -2.29. The summed E-state index contributed by atoms with van der Waals surface area (Å²) in [5.41, 5.74) is 3.49. The molecule has 0 bridgehead atoms. The molecular formula is C28H35N3O5. The van der Waals surface area contributed by atoms with E-state index in [0.29, 0.717) is 37.3 Å². The fourth-order valence-electron chi connectivity index (χ4n) is 4.31. The van der Waals surface area contributed by atoms with Crippen molar-refractivity contribution in [3.05, 3.63) is 77.7 Å². The Bertz CT molecular complexity index is 1130. The van der Waals surface area contributed by atoms with Gasteiger partial charge in [-0.15, -0.1) is 0 Å². The molecule has 3 aromatic rings. The Balaban J connectivity index is 1.83. The molecule has 1 aromatic heterocycles. The van der Waals surface area contributed by atoms with Crippen LogP contribution in [0.4, 0.5) is 0 Å². The molecule has 0 aliphatic heterocycles. The Morgan fingerprint density at radius 3 is 2.19 bits per heavy atom. The highest BCUT2D eigenvalue weighted by molar-refractivity contribution is 5.92. The Hall–Kier alpha value is -3.49. The number of nitrogens with one attached hydrogen (secondary N) is 1. The van der Waals surface area contributed by atoms with Gasteiger partial charge in [0.1, 0.15) is 0 Å². The van der Waals surface area contributed by atoms with Crippen molar-refractivity contribution in [3.63, 3.8) is 0 Å². The van der Waals surface area contributed by atoms with Gasteiger partial charge in [-0.25, -0.2) is 4.98 Å². The SMILES string of the molecule is CC(C)n1c(C(=O)NCCc2ccccc2)nc(-c2ccccc2)c1CC[C@@H](O)C[C@@H](O)CC(=O)O. The molecule has 0 radical (unpaired) electrons. The maximum absolute atomic E-state index is 13.2. The normalized spacial score (nSPS) is 12.9. The van der Waals surface area contributed by atoms with Gasteiger partial charge in [-0.2, -0.15) is 0 Å². The number of carbonyl (C=O) groups is 2. The molecular weight excluding hydrogens is 458 g/mol. The predicted octanol–water partition coefficient (Wildman–Crippen LogP) is 3.62. The van der Waals surface area contributed by atoms with Crippen LogP contribution in [-0.4, -0.2) is 55.5 Å². The van der Waals surface area contributed by atoms with Gasteiger partial charge in [0, 0.05) is 23.8 Å². The van der Waals surface area contributed by atoms with E-state index in [-0.39, 0.29) is 18.4 Å². The van der Waals surface area contributed by atoms with E-state index >= 15 is 0 Å². The quantitative estimate of drug-likeness (QED) is 0.288. The summed E-state index contributed by atoms with van der Waals surface area (Å²) >= 11 is 0. The molecule has 192 valence electrons. The van der Waals surface area contributed by atoms with Crippen LogP contribution in [0.15, 0.2) is 60.7 Å². The highest BCUT2D eigenvalue weighted by Gasteiger charge is 2.25. The number of rotatable bonds is 13. The van der Waals surface area contributed by atoms with Crippen molar-refractivity contribution in [3.8, 4) is 11.3 Å². The van der Waals surface area contributed by atoms with Gasteiger partial charge in [0.25, 0.3) is 5.91 Å². The molecule has 36 heavy (non-hydrogen) atoms. The fraction of sp³-hybridized carbons (Fsp3) is 0.393. The number of hydrogen-bond acceptors (Lipinski definition) is 5. The number of benzene rings is 2. The van der Waals surface area contributed by atoms with E-state index in [1.165, 1.54) is 0 Å². The highest BCUT2D eigenvalue weighted by Crippen LogP contribution is 2.29. The number of amides is 1. The van der Waals surface area contributed by atoms with Crippen molar-refractivity contribution in [2.45, 2.75) is 64.2 Å². The van der Waals surface area contributed by atoms with E-state index in [2.05, 4.69) is 5.32 Å². The van der Waals surface area contributed by atoms with Gasteiger partial charge in [0.2, 0.25) is 0 Å². The van der Waals surface area contributed by atoms with E-state index < -0.39 is 24.6 Å². The molecule has 2 aromatic carbocycles. The molecule has 2 atom stereocenters. The number of carboxylic acids is 1. The maximum Gasteiger partial charge on any atom is 0.305 e. The first-order valence-corrected chi connectivity index (χ1v) is 12.3. The lowest BCUT2D eigenvalue weighted by molar-refractivity contribution is -0.139. The average Bonchev–Trinajstić information content (AvgIpc) is 3.23. The zero-order chi connectivity index (χ0) is 26.1. The molecule has 1 heterocycles. The maximum atomic E-state index is 13.2. The summed E-state index contributed by atoms with van der Waals surface area (Å²) in [6.07, 6.45) is -1.04. The molecule has 1 amide bonds. The van der Waals surface area contributed by atoms with Gasteiger partial charge < -0.3 is 25.2 Å². The van der Waals surface area contributed by atoms with Crippen LogP contribution in [0.25, 0.3) is 11.3 Å². The second-order valence-corrected chi connectivity index (χ2v) is 9.23. The number of imidazole rings is 1. The van der Waals surface area contributed by atoms with E-state index in [1.54, 1.807) is 0 Å². The zero-order valence-electron chi connectivity index (χ0n) is 20.8. The van der Waals surface area contributed by atoms with Gasteiger partial charge in [0.05, 0.1) is 24.3 Å². The first-order chi connectivity index (χ1) is 17.3. The van der Waals surface area contributed by atoms with E-state index in [4.69, 9.17) is 10.1 Å². The van der Waals surface area contributed by atoms with E-state index in [1.807, 2.05) is 79.1 Å². The summed E-state index contributed by atoms with van der Waals surface area (Å²) in [5, 5.41) is 32.2. The van der Waals surface area contributed by atoms with Gasteiger partial charge in [-0.1, -0.05) is 60.7 Å². The largest absolute Gasteiger partial charge is 0.481 e. The van der Waals surface area contributed by atoms with Crippen molar-refractivity contribution in [2.24, 2.45) is 0 Å². The number of nitrogens with zero attached hydrogens (tertiary/aromatic N) is 2. The van der Waals surface area contributed by atoms with Crippen LogP contribution in [-0.2, 0) is 17.6 Å². The summed E-state index contributed by atoms with van der Waals surface area (Å²) in [6.45, 7) is 4.44. The number of aliphatic hydroxyl groups is 2. The zero-order valence-corrected chi connectivity index (χ0v) is 20.8. The van der Waals surface area contributed by atoms with E-state index in [9.17, 15) is 19.8 Å². The number of carbonyl (C=O) groups excluding carboxylic acids is 1. The monoisotopic (exact) mass is 493 g/mol. The second kappa shape index (κ2) is 13.0. The standard InChI is InChI=1S/C28H35N3O5/c1-19(2)31-24(14-13-22(32)17-23(33)18-25(34)35)26(21-11-7-4-8-12-21)30-27(31)28(36)29-16-15-20-9-5-3-6-10-20/h3-12,19,22-23,32-33H,13-18H2,1-2H3,(H,29,36)(H,34,35)/t22-,23-/m1/s1. The van der Waals surface area contributed by atoms with Crippen molar-refractivity contribution >= 4 is 11.9 Å². The summed E-state index contributed by atoms with van der Waals surface area (Å²) < 4.78 is 1.90. The molecule has 0 fully saturated rings. The third kappa shape index (κ3) is 7.50. The summed E-state index contributed by atoms with van der Waals surface area (Å²) in [5.74, 6) is -1.06. The topological polar surface area (TPSA) is 125 Å². The Morgan fingerprint density at radius 1 is 0.944 bits per heavy atom. The Morgan fingerprint density at radius 2 is 1.58 bits per heavy atom. The second-order valence-electron chi connectivity index (χ2n) is 9.23. The van der Waals surface area contributed by atoms with Gasteiger partial charge in [-0.3, -0.25) is 9.59 Å². The Kier molecular flexibility index (Phi) is 9.78. The average molecular weight is 494 g/mol. The molecule has 0 spiro atoms. The number of aliphatic hydroxyl groups excluding tert-OH is 2. The van der Waals surface area contributed by atoms with Crippen molar-refractivity contribution < 1.29 is 24.9 Å². The number of aromatic nitrogens is 2. The minimum atomic E-state index is -1.12. The molecule has 4 N–H and O–H groups in total. The van der Waals surface area contributed by atoms with Crippen LogP contribution in [0.3, 0.4) is 0 Å². The first kappa shape index (κ1) is 27.1. The van der Waals surface area contributed by atoms with Crippen molar-refractivity contribution in [1.82, 2.24) is 14.9 Å². The molecule has 8 nitrogen and oxygen atoms in total. The minimum Gasteiger partial charge on any atom is -0.481 e. The predicted molar refractivity (Wildman–Crippen MR) is 138 cm³/mol. The molecule has 0 saturated heterocycles. The molecule has 0 aliphatic rings. The third-order valence-corrected chi connectivity index (χ3v) is 5.99. The lowest BCUT2D eigenvalue weighted by atomic mass is 10.0. The third-order valence-electron chi connectivity index (χ3n) is 5.99. The van der Waals surface area contributed by atoms with Gasteiger partial charge in [0.15, 0.2) is 5.82 Å². The van der Waals surface area contributed by atoms with Gasteiger partial charge in [-0.05, 0) is 45.1 Å². The van der Waals surface area contributed by atoms with E-state index in [0.717, 1.165) is 16.8 Å². The van der Waals surface area contributed by atoms with Crippen LogP contribution in [0.5, 0.6) is 0 Å². The molecule has 3 rings (SSSR count). The molecule has 0 saturated carbocycles. The lowest BCUT2D eigenvalue weighted by Gasteiger charge is -2.18. The molecule has 0 unspecified atom stereocenters. The van der Waals surface area contributed by atoms with Gasteiger partial charge >= 0.3 is 5.97 Å². The van der Waals surface area contributed by atoms with Crippen LogP contribution in [0.2, 0.25) is 0 Å². The summed E-state index contributed by atoms with van der Waals surface area (Å²) in [7, 11) is 0. The number of aliphatic carboxylic acids is 1. The van der Waals surface area contributed by atoms with Crippen molar-refractivity contribution in [2.75, 3.05) is 6.54 Å². The summed E-state index contributed by atoms with van der Waals surface area (Å²) in [4.78, 5) is 28.8. The summed E-state index contributed by atoms with van der Waals surface area (Å²) in [6, 6.07) is 19.5. The van der Waals surface area contributed by atoms with Crippen molar-refractivity contribution in [1.29, 1.82) is 0 Å². The smallest absolute Gasteiger partial charge is 0.305 e. The number of hydrogen-bond donors (Lipinski definition) is 4. The Labute approximate surface area is 211 Å². The fourth-order valence-corrected chi connectivity index (χ4v) is 4.31.